The Morgan fingerprint density at radius 1 is 1.06 bits per heavy atom. The van der Waals surface area contributed by atoms with Crippen LogP contribution in [0.15, 0.2) is 46.9 Å². The number of benzene rings is 2. The number of carbonyl (C=O) groups excluding carboxylic acids is 1. The predicted octanol–water partition coefficient (Wildman–Crippen LogP) is 4.44. The van der Waals surface area contributed by atoms with Crippen molar-refractivity contribution in [1.82, 2.24) is 14.8 Å². The average molecular weight is 437 g/mol. The Bertz CT molecular complexity index is 1070. The van der Waals surface area contributed by atoms with Crippen LogP contribution in [-0.2, 0) is 17.7 Å². The highest BCUT2D eigenvalue weighted by Crippen LogP contribution is 2.21. The molecule has 0 spiro atoms. The third kappa shape index (κ3) is 5.79. The van der Waals surface area contributed by atoms with Crippen molar-refractivity contribution in [2.24, 2.45) is 0 Å². The lowest BCUT2D eigenvalue weighted by molar-refractivity contribution is 0.0257. The Balaban J connectivity index is 1.37. The van der Waals surface area contributed by atoms with Crippen LogP contribution in [0.3, 0.4) is 0 Å². The highest BCUT2D eigenvalue weighted by Gasteiger charge is 2.24. The number of nitrogens with two attached hydrogens (primary N) is 1. The van der Waals surface area contributed by atoms with E-state index in [1.807, 2.05) is 56.0 Å². The maximum absolute atomic E-state index is 12.4. The van der Waals surface area contributed by atoms with E-state index in [1.54, 1.807) is 0 Å². The van der Waals surface area contributed by atoms with Crippen molar-refractivity contribution < 1.29 is 13.9 Å². The van der Waals surface area contributed by atoms with Gasteiger partial charge in [-0.25, -0.2) is 9.78 Å². The Morgan fingerprint density at radius 3 is 2.56 bits per heavy atom. The van der Waals surface area contributed by atoms with Gasteiger partial charge in [-0.05, 0) is 62.6 Å². The average Bonchev–Trinajstić information content (AvgIpc) is 2.96. The van der Waals surface area contributed by atoms with Gasteiger partial charge in [0, 0.05) is 44.8 Å². The second kappa shape index (κ2) is 9.20. The van der Waals surface area contributed by atoms with Crippen LogP contribution >= 0.6 is 0 Å². The zero-order valence-electron chi connectivity index (χ0n) is 19.1. The van der Waals surface area contributed by atoms with Crippen LogP contribution in [0.25, 0.3) is 11.1 Å². The molecular formula is C25H32N4O3. The first kappa shape index (κ1) is 22.1. The first-order valence-electron chi connectivity index (χ1n) is 11.2. The summed E-state index contributed by atoms with van der Waals surface area (Å²) in [6.45, 7) is 9.67. The molecule has 7 nitrogen and oxygen atoms in total. The molecule has 0 saturated carbocycles. The quantitative estimate of drug-likeness (QED) is 0.609. The molecule has 1 fully saturated rings. The molecule has 0 unspecified atom stereocenters. The van der Waals surface area contributed by atoms with Gasteiger partial charge in [-0.3, -0.25) is 4.90 Å². The predicted molar refractivity (Wildman–Crippen MR) is 125 cm³/mol. The fraction of sp³-hybridized carbons (Fsp3) is 0.440. The summed E-state index contributed by atoms with van der Waals surface area (Å²) < 4.78 is 11.5. The minimum Gasteiger partial charge on any atom is -0.444 e. The van der Waals surface area contributed by atoms with Crippen LogP contribution in [0, 0.1) is 0 Å². The third-order valence-corrected chi connectivity index (χ3v) is 5.48. The molecule has 7 heteroatoms. The SMILES string of the molecule is CC(C)(C)OC(=O)N1CCCN(Cc2ccc3oc(Cc4ccc(N)cc4)nc3c2)CC1. The lowest BCUT2D eigenvalue weighted by Crippen LogP contribution is -2.39. The molecule has 4 rings (SSSR count). The number of hydrogen-bond acceptors (Lipinski definition) is 6. The zero-order valence-corrected chi connectivity index (χ0v) is 19.1. The van der Waals surface area contributed by atoms with E-state index >= 15 is 0 Å². The van der Waals surface area contributed by atoms with E-state index in [4.69, 9.17) is 14.9 Å². The van der Waals surface area contributed by atoms with Crippen molar-refractivity contribution in [2.75, 3.05) is 31.9 Å². The number of ether oxygens (including phenoxy) is 1. The molecule has 2 heterocycles. The van der Waals surface area contributed by atoms with Crippen molar-refractivity contribution in [3.05, 3.63) is 59.5 Å². The zero-order chi connectivity index (χ0) is 22.7. The number of nitrogens with zero attached hydrogens (tertiary/aromatic N) is 3. The summed E-state index contributed by atoms with van der Waals surface area (Å²) in [7, 11) is 0. The number of fused-ring (bicyclic) bond motifs is 1. The van der Waals surface area contributed by atoms with E-state index in [9.17, 15) is 4.79 Å². The molecule has 1 aromatic heterocycles. The molecule has 170 valence electrons. The molecule has 1 aliphatic rings. The molecule has 1 amide bonds. The minimum absolute atomic E-state index is 0.225. The van der Waals surface area contributed by atoms with Crippen LogP contribution in [0.1, 0.15) is 44.2 Å². The molecule has 0 atom stereocenters. The van der Waals surface area contributed by atoms with Gasteiger partial charge in [-0.15, -0.1) is 0 Å². The summed E-state index contributed by atoms with van der Waals surface area (Å²) in [6.07, 6.45) is 1.34. The fourth-order valence-electron chi connectivity index (χ4n) is 3.90. The topological polar surface area (TPSA) is 84.8 Å². The molecule has 1 aliphatic heterocycles. The minimum atomic E-state index is -0.469. The molecule has 0 aliphatic carbocycles. The lowest BCUT2D eigenvalue weighted by Gasteiger charge is -2.26. The Hall–Kier alpha value is -3.06. The van der Waals surface area contributed by atoms with E-state index in [0.717, 1.165) is 55.0 Å². The van der Waals surface area contributed by atoms with Crippen molar-refractivity contribution in [3.8, 4) is 0 Å². The van der Waals surface area contributed by atoms with Gasteiger partial charge in [0.15, 0.2) is 11.5 Å². The Morgan fingerprint density at radius 2 is 1.81 bits per heavy atom. The summed E-state index contributed by atoms with van der Waals surface area (Å²) in [4.78, 5) is 21.3. The molecule has 2 N–H and O–H groups in total. The van der Waals surface area contributed by atoms with Gasteiger partial charge in [0.1, 0.15) is 11.1 Å². The van der Waals surface area contributed by atoms with E-state index in [2.05, 4.69) is 22.0 Å². The van der Waals surface area contributed by atoms with Crippen molar-refractivity contribution >= 4 is 22.9 Å². The molecular weight excluding hydrogens is 404 g/mol. The molecule has 1 saturated heterocycles. The van der Waals surface area contributed by atoms with Crippen LogP contribution in [0.4, 0.5) is 10.5 Å². The first-order chi connectivity index (χ1) is 15.2. The summed E-state index contributed by atoms with van der Waals surface area (Å²) in [5.74, 6) is 0.699. The number of aromatic nitrogens is 1. The first-order valence-corrected chi connectivity index (χ1v) is 11.2. The molecule has 32 heavy (non-hydrogen) atoms. The van der Waals surface area contributed by atoms with Crippen molar-refractivity contribution in [1.29, 1.82) is 0 Å². The molecule has 0 bridgehead atoms. The van der Waals surface area contributed by atoms with Gasteiger partial charge in [0.2, 0.25) is 0 Å². The van der Waals surface area contributed by atoms with E-state index in [1.165, 1.54) is 5.56 Å². The van der Waals surface area contributed by atoms with Gasteiger partial charge < -0.3 is 19.8 Å². The number of amides is 1. The number of carbonyl (C=O) groups is 1. The maximum atomic E-state index is 12.4. The summed E-state index contributed by atoms with van der Waals surface area (Å²) in [5.41, 5.74) is 10.0. The van der Waals surface area contributed by atoms with Crippen LogP contribution in [-0.4, -0.2) is 52.7 Å². The van der Waals surface area contributed by atoms with E-state index in [-0.39, 0.29) is 6.09 Å². The van der Waals surface area contributed by atoms with Crippen molar-refractivity contribution in [2.45, 2.75) is 45.8 Å². The second-order valence-electron chi connectivity index (χ2n) is 9.43. The highest BCUT2D eigenvalue weighted by molar-refractivity contribution is 5.73. The number of rotatable bonds is 4. The number of hydrogen-bond donors (Lipinski definition) is 1. The van der Waals surface area contributed by atoms with Crippen LogP contribution in [0.2, 0.25) is 0 Å². The lowest BCUT2D eigenvalue weighted by atomic mass is 10.1. The van der Waals surface area contributed by atoms with E-state index < -0.39 is 5.60 Å². The second-order valence-corrected chi connectivity index (χ2v) is 9.43. The van der Waals surface area contributed by atoms with Gasteiger partial charge in [-0.2, -0.15) is 0 Å². The molecule has 3 aromatic rings. The van der Waals surface area contributed by atoms with Gasteiger partial charge in [0.05, 0.1) is 0 Å². The summed E-state index contributed by atoms with van der Waals surface area (Å²) in [5, 5.41) is 0. The highest BCUT2D eigenvalue weighted by atomic mass is 16.6. The van der Waals surface area contributed by atoms with Crippen LogP contribution < -0.4 is 5.73 Å². The third-order valence-electron chi connectivity index (χ3n) is 5.48. The normalized spacial score (nSPS) is 15.7. The van der Waals surface area contributed by atoms with Crippen molar-refractivity contribution in [3.63, 3.8) is 0 Å². The summed E-state index contributed by atoms with van der Waals surface area (Å²) in [6, 6.07) is 14.0. The van der Waals surface area contributed by atoms with E-state index in [0.29, 0.717) is 18.9 Å². The summed E-state index contributed by atoms with van der Waals surface area (Å²) >= 11 is 0. The van der Waals surface area contributed by atoms with Gasteiger partial charge in [0.25, 0.3) is 0 Å². The molecule has 2 aromatic carbocycles. The smallest absolute Gasteiger partial charge is 0.410 e. The largest absolute Gasteiger partial charge is 0.444 e. The molecule has 0 radical (unpaired) electrons. The monoisotopic (exact) mass is 436 g/mol. The number of anilines is 1. The number of nitrogen functional groups attached to an aromatic ring is 1. The maximum Gasteiger partial charge on any atom is 0.410 e. The number of oxazole rings is 1. The fourth-order valence-corrected chi connectivity index (χ4v) is 3.90. The van der Waals surface area contributed by atoms with Gasteiger partial charge in [-0.1, -0.05) is 18.2 Å². The standard InChI is InChI=1S/C25H32N4O3/c1-25(2,3)32-24(30)29-12-4-11-28(13-14-29)17-19-7-10-22-21(15-19)27-23(31-22)16-18-5-8-20(26)9-6-18/h5-10,15H,4,11-14,16-17,26H2,1-3H3. The van der Waals surface area contributed by atoms with Crippen LogP contribution in [0.5, 0.6) is 0 Å². The Kier molecular flexibility index (Phi) is 6.37. The van der Waals surface area contributed by atoms with Gasteiger partial charge >= 0.3 is 6.09 Å². The Labute approximate surface area is 189 Å².